The van der Waals surface area contributed by atoms with Crippen LogP contribution in [0.15, 0.2) is 12.1 Å². The molecule has 0 unspecified atom stereocenters. The lowest BCUT2D eigenvalue weighted by molar-refractivity contribution is 0.0564. The van der Waals surface area contributed by atoms with Gasteiger partial charge in [0.15, 0.2) is 0 Å². The number of ether oxygens (including phenoxy) is 1. The van der Waals surface area contributed by atoms with E-state index in [0.29, 0.717) is 26.3 Å². The predicted molar refractivity (Wildman–Crippen MR) is 72.1 cm³/mol. The van der Waals surface area contributed by atoms with Crippen LogP contribution >= 0.6 is 0 Å². The standard InChI is InChI=1S/C14H20N2O2/c1-10-8-12(3)13(9-11(10)2)15-14(17)16-4-6-18-7-5-16/h8-9H,4-7H2,1-3H3,(H,15,17). The Hall–Kier alpha value is -1.55. The molecule has 4 nitrogen and oxygen atoms in total. The van der Waals surface area contributed by atoms with Crippen molar-refractivity contribution < 1.29 is 9.53 Å². The highest BCUT2D eigenvalue weighted by molar-refractivity contribution is 5.90. The summed E-state index contributed by atoms with van der Waals surface area (Å²) in [6.45, 7) is 8.72. The summed E-state index contributed by atoms with van der Waals surface area (Å²) in [6.07, 6.45) is 0. The number of aryl methyl sites for hydroxylation is 3. The molecule has 4 heteroatoms. The zero-order chi connectivity index (χ0) is 13.1. The Balaban J connectivity index is 2.08. The third kappa shape index (κ3) is 2.82. The van der Waals surface area contributed by atoms with Crippen LogP contribution in [-0.2, 0) is 4.74 Å². The van der Waals surface area contributed by atoms with Crippen molar-refractivity contribution in [2.45, 2.75) is 20.8 Å². The zero-order valence-corrected chi connectivity index (χ0v) is 11.2. The van der Waals surface area contributed by atoms with E-state index in [2.05, 4.69) is 25.2 Å². The maximum atomic E-state index is 12.1. The molecule has 0 aromatic heterocycles. The Morgan fingerprint density at radius 1 is 1.11 bits per heavy atom. The highest BCUT2D eigenvalue weighted by Gasteiger charge is 2.17. The molecule has 1 heterocycles. The smallest absolute Gasteiger partial charge is 0.322 e. The number of nitrogens with one attached hydrogen (secondary N) is 1. The van der Waals surface area contributed by atoms with Crippen molar-refractivity contribution in [3.63, 3.8) is 0 Å². The van der Waals surface area contributed by atoms with Crippen molar-refractivity contribution in [3.05, 3.63) is 28.8 Å². The first kappa shape index (κ1) is 12.9. The molecule has 0 atom stereocenters. The number of morpholine rings is 1. The molecule has 2 rings (SSSR count). The summed E-state index contributed by atoms with van der Waals surface area (Å²) in [7, 11) is 0. The molecule has 1 aromatic rings. The van der Waals surface area contributed by atoms with Gasteiger partial charge in [-0.05, 0) is 43.5 Å². The Labute approximate surface area is 108 Å². The quantitative estimate of drug-likeness (QED) is 0.829. The van der Waals surface area contributed by atoms with Crippen LogP contribution in [0.1, 0.15) is 16.7 Å². The van der Waals surface area contributed by atoms with Crippen molar-refractivity contribution >= 4 is 11.7 Å². The van der Waals surface area contributed by atoms with Gasteiger partial charge in [-0.15, -0.1) is 0 Å². The lowest BCUT2D eigenvalue weighted by atomic mass is 10.1. The second-order valence-electron chi connectivity index (χ2n) is 4.78. The minimum Gasteiger partial charge on any atom is -0.378 e. The summed E-state index contributed by atoms with van der Waals surface area (Å²) in [4.78, 5) is 13.9. The third-order valence-corrected chi connectivity index (χ3v) is 3.38. The monoisotopic (exact) mass is 248 g/mol. The predicted octanol–water partition coefficient (Wildman–Crippen LogP) is 2.48. The summed E-state index contributed by atoms with van der Waals surface area (Å²) in [5, 5.41) is 2.98. The van der Waals surface area contributed by atoms with E-state index < -0.39 is 0 Å². The van der Waals surface area contributed by atoms with E-state index in [9.17, 15) is 4.79 Å². The second-order valence-corrected chi connectivity index (χ2v) is 4.78. The number of amides is 2. The van der Waals surface area contributed by atoms with Crippen LogP contribution in [0.25, 0.3) is 0 Å². The van der Waals surface area contributed by atoms with E-state index in [-0.39, 0.29) is 6.03 Å². The summed E-state index contributed by atoms with van der Waals surface area (Å²) in [6, 6.07) is 4.09. The average molecular weight is 248 g/mol. The molecule has 0 aliphatic carbocycles. The van der Waals surface area contributed by atoms with Crippen LogP contribution < -0.4 is 5.32 Å². The number of rotatable bonds is 1. The molecule has 1 aliphatic heterocycles. The largest absolute Gasteiger partial charge is 0.378 e. The third-order valence-electron chi connectivity index (χ3n) is 3.38. The maximum Gasteiger partial charge on any atom is 0.322 e. The number of anilines is 1. The number of carbonyl (C=O) groups excluding carboxylic acids is 1. The van der Waals surface area contributed by atoms with E-state index in [4.69, 9.17) is 4.74 Å². The van der Waals surface area contributed by atoms with Gasteiger partial charge in [0.25, 0.3) is 0 Å². The van der Waals surface area contributed by atoms with Crippen LogP contribution in [0.5, 0.6) is 0 Å². The highest BCUT2D eigenvalue weighted by atomic mass is 16.5. The Bertz CT molecular complexity index is 451. The molecule has 0 saturated carbocycles. The number of nitrogens with zero attached hydrogens (tertiary/aromatic N) is 1. The zero-order valence-electron chi connectivity index (χ0n) is 11.2. The molecule has 1 fully saturated rings. The fraction of sp³-hybridized carbons (Fsp3) is 0.500. The molecule has 0 radical (unpaired) electrons. The van der Waals surface area contributed by atoms with Crippen molar-refractivity contribution in [3.8, 4) is 0 Å². The Morgan fingerprint density at radius 3 is 2.39 bits per heavy atom. The average Bonchev–Trinajstić information content (AvgIpc) is 2.37. The molecule has 1 saturated heterocycles. The first-order chi connectivity index (χ1) is 8.58. The number of carbonyl (C=O) groups is 1. The molecule has 98 valence electrons. The highest BCUT2D eigenvalue weighted by Crippen LogP contribution is 2.20. The van der Waals surface area contributed by atoms with E-state index in [0.717, 1.165) is 11.3 Å². The van der Waals surface area contributed by atoms with E-state index in [1.807, 2.05) is 13.0 Å². The van der Waals surface area contributed by atoms with Crippen LogP contribution in [0.4, 0.5) is 10.5 Å². The van der Waals surface area contributed by atoms with Gasteiger partial charge in [-0.2, -0.15) is 0 Å². The van der Waals surface area contributed by atoms with E-state index in [1.54, 1.807) is 4.90 Å². The Morgan fingerprint density at radius 2 is 1.72 bits per heavy atom. The molecule has 0 spiro atoms. The van der Waals surface area contributed by atoms with Gasteiger partial charge in [0, 0.05) is 18.8 Å². The fourth-order valence-electron chi connectivity index (χ4n) is 2.06. The maximum absolute atomic E-state index is 12.1. The molecule has 2 amide bonds. The first-order valence-electron chi connectivity index (χ1n) is 6.29. The fourth-order valence-corrected chi connectivity index (χ4v) is 2.06. The summed E-state index contributed by atoms with van der Waals surface area (Å²) in [5.74, 6) is 0. The SMILES string of the molecule is Cc1cc(C)c(NC(=O)N2CCOCC2)cc1C. The molecule has 1 N–H and O–H groups in total. The number of urea groups is 1. The van der Waals surface area contributed by atoms with Crippen molar-refractivity contribution in [1.82, 2.24) is 4.90 Å². The normalized spacial score (nSPS) is 15.6. The van der Waals surface area contributed by atoms with Gasteiger partial charge >= 0.3 is 6.03 Å². The second kappa shape index (κ2) is 5.40. The van der Waals surface area contributed by atoms with Crippen molar-refractivity contribution in [2.24, 2.45) is 0 Å². The van der Waals surface area contributed by atoms with Crippen molar-refractivity contribution in [2.75, 3.05) is 31.6 Å². The summed E-state index contributed by atoms with van der Waals surface area (Å²) < 4.78 is 5.24. The number of hydrogen-bond donors (Lipinski definition) is 1. The van der Waals surface area contributed by atoms with E-state index >= 15 is 0 Å². The molecule has 1 aromatic carbocycles. The van der Waals surface area contributed by atoms with Gasteiger partial charge in [0.05, 0.1) is 13.2 Å². The first-order valence-corrected chi connectivity index (χ1v) is 6.29. The van der Waals surface area contributed by atoms with Crippen LogP contribution in [0.2, 0.25) is 0 Å². The lowest BCUT2D eigenvalue weighted by Gasteiger charge is -2.27. The minimum absolute atomic E-state index is 0.0374. The molecule has 1 aliphatic rings. The van der Waals surface area contributed by atoms with Crippen LogP contribution in [-0.4, -0.2) is 37.2 Å². The van der Waals surface area contributed by atoms with Gasteiger partial charge in [-0.25, -0.2) is 4.79 Å². The van der Waals surface area contributed by atoms with Crippen LogP contribution in [0.3, 0.4) is 0 Å². The molecule has 0 bridgehead atoms. The Kier molecular flexibility index (Phi) is 3.87. The van der Waals surface area contributed by atoms with Gasteiger partial charge in [-0.3, -0.25) is 0 Å². The number of hydrogen-bond acceptors (Lipinski definition) is 2. The molecular weight excluding hydrogens is 228 g/mol. The topological polar surface area (TPSA) is 41.6 Å². The van der Waals surface area contributed by atoms with Crippen LogP contribution in [0, 0.1) is 20.8 Å². The van der Waals surface area contributed by atoms with Gasteiger partial charge in [-0.1, -0.05) is 6.07 Å². The summed E-state index contributed by atoms with van der Waals surface area (Å²) >= 11 is 0. The van der Waals surface area contributed by atoms with Gasteiger partial charge in [0.2, 0.25) is 0 Å². The molecule has 18 heavy (non-hydrogen) atoms. The van der Waals surface area contributed by atoms with E-state index in [1.165, 1.54) is 11.1 Å². The van der Waals surface area contributed by atoms with Crippen molar-refractivity contribution in [1.29, 1.82) is 0 Å². The molecular formula is C14H20N2O2. The lowest BCUT2D eigenvalue weighted by Crippen LogP contribution is -2.43. The summed E-state index contributed by atoms with van der Waals surface area (Å²) in [5.41, 5.74) is 4.43. The van der Waals surface area contributed by atoms with Gasteiger partial charge < -0.3 is 15.0 Å². The number of benzene rings is 1. The minimum atomic E-state index is -0.0374. The van der Waals surface area contributed by atoms with Gasteiger partial charge in [0.1, 0.15) is 0 Å².